The van der Waals surface area contributed by atoms with Crippen molar-refractivity contribution in [3.05, 3.63) is 12.5 Å². The standard InChI is InChI=1S/C10H20N4O3S/c1-4-14-6-10(12-8-14)18(15,16)13(2)5-9(11)7-17-3/h6,8-9H,4-5,7,11H2,1-3H3. The van der Waals surface area contributed by atoms with Gasteiger partial charge < -0.3 is 15.0 Å². The molecule has 0 spiro atoms. The second kappa shape index (κ2) is 6.28. The smallest absolute Gasteiger partial charge is 0.261 e. The average molecular weight is 276 g/mol. The van der Waals surface area contributed by atoms with E-state index in [-0.39, 0.29) is 17.6 Å². The van der Waals surface area contributed by atoms with Gasteiger partial charge in [-0.3, -0.25) is 0 Å². The molecule has 0 saturated carbocycles. The van der Waals surface area contributed by atoms with Crippen molar-refractivity contribution in [2.75, 3.05) is 27.3 Å². The lowest BCUT2D eigenvalue weighted by molar-refractivity contribution is 0.173. The number of aryl methyl sites for hydroxylation is 1. The summed E-state index contributed by atoms with van der Waals surface area (Å²) < 4.78 is 32.1. The summed E-state index contributed by atoms with van der Waals surface area (Å²) in [6.45, 7) is 3.09. The normalized spacial score (nSPS) is 14.1. The van der Waals surface area contributed by atoms with Gasteiger partial charge in [0.1, 0.15) is 0 Å². The van der Waals surface area contributed by atoms with Gasteiger partial charge in [-0.25, -0.2) is 13.4 Å². The number of hydrogen-bond donors (Lipinski definition) is 1. The van der Waals surface area contributed by atoms with Crippen LogP contribution in [0.3, 0.4) is 0 Å². The fraction of sp³-hybridized carbons (Fsp3) is 0.700. The lowest BCUT2D eigenvalue weighted by Crippen LogP contribution is -2.41. The van der Waals surface area contributed by atoms with Gasteiger partial charge in [0.05, 0.1) is 12.9 Å². The van der Waals surface area contributed by atoms with Gasteiger partial charge in [0, 0.05) is 39.5 Å². The summed E-state index contributed by atoms with van der Waals surface area (Å²) in [6, 6.07) is -0.358. The van der Waals surface area contributed by atoms with E-state index in [1.54, 1.807) is 4.57 Å². The zero-order valence-corrected chi connectivity index (χ0v) is 11.7. The van der Waals surface area contributed by atoms with Gasteiger partial charge in [0.15, 0.2) is 5.03 Å². The Morgan fingerprint density at radius 1 is 1.61 bits per heavy atom. The van der Waals surface area contributed by atoms with Crippen molar-refractivity contribution in [1.82, 2.24) is 13.9 Å². The van der Waals surface area contributed by atoms with E-state index in [0.29, 0.717) is 13.2 Å². The Morgan fingerprint density at radius 2 is 2.28 bits per heavy atom. The molecule has 1 unspecified atom stereocenters. The first kappa shape index (κ1) is 15.1. The van der Waals surface area contributed by atoms with E-state index in [2.05, 4.69) is 4.98 Å². The molecule has 0 fully saturated rings. The van der Waals surface area contributed by atoms with Gasteiger partial charge in [-0.15, -0.1) is 0 Å². The van der Waals surface area contributed by atoms with Crippen LogP contribution in [0.15, 0.2) is 17.6 Å². The Balaban J connectivity index is 2.79. The zero-order valence-electron chi connectivity index (χ0n) is 10.9. The minimum absolute atomic E-state index is 0.0384. The Bertz CT molecular complexity index is 471. The topological polar surface area (TPSA) is 90.5 Å². The van der Waals surface area contributed by atoms with E-state index < -0.39 is 10.0 Å². The number of ether oxygens (including phenoxy) is 1. The molecule has 0 radical (unpaired) electrons. The number of nitrogens with zero attached hydrogens (tertiary/aromatic N) is 3. The fourth-order valence-corrected chi connectivity index (χ4v) is 2.66. The maximum absolute atomic E-state index is 12.2. The summed E-state index contributed by atoms with van der Waals surface area (Å²) in [5, 5.41) is 0.0384. The summed E-state index contributed by atoms with van der Waals surface area (Å²) >= 11 is 0. The zero-order chi connectivity index (χ0) is 13.8. The molecule has 8 heteroatoms. The van der Waals surface area contributed by atoms with Gasteiger partial charge >= 0.3 is 0 Å². The van der Waals surface area contributed by atoms with Crippen LogP contribution in [0, 0.1) is 0 Å². The van der Waals surface area contributed by atoms with Crippen LogP contribution < -0.4 is 5.73 Å². The number of methoxy groups -OCH3 is 1. The lowest BCUT2D eigenvalue weighted by atomic mass is 10.3. The number of likely N-dealkylation sites (N-methyl/N-ethyl adjacent to an activating group) is 1. The average Bonchev–Trinajstić information content (AvgIpc) is 2.78. The third-order valence-corrected chi connectivity index (χ3v) is 4.23. The van der Waals surface area contributed by atoms with E-state index in [1.165, 1.54) is 31.0 Å². The molecule has 1 aromatic heterocycles. The Morgan fingerprint density at radius 3 is 2.78 bits per heavy atom. The van der Waals surface area contributed by atoms with Gasteiger partial charge in [0.2, 0.25) is 0 Å². The molecule has 0 aliphatic heterocycles. The van der Waals surface area contributed by atoms with Crippen molar-refractivity contribution in [3.63, 3.8) is 0 Å². The van der Waals surface area contributed by atoms with Crippen LogP contribution in [0.2, 0.25) is 0 Å². The quantitative estimate of drug-likeness (QED) is 0.725. The summed E-state index contributed by atoms with van der Waals surface area (Å²) in [6.07, 6.45) is 3.00. The summed E-state index contributed by atoms with van der Waals surface area (Å²) in [5.74, 6) is 0. The van der Waals surface area contributed by atoms with Crippen molar-refractivity contribution in [2.45, 2.75) is 24.5 Å². The van der Waals surface area contributed by atoms with Crippen LogP contribution in [-0.4, -0.2) is 55.6 Å². The summed E-state index contributed by atoms with van der Waals surface area (Å²) in [5.41, 5.74) is 5.73. The van der Waals surface area contributed by atoms with Crippen molar-refractivity contribution in [3.8, 4) is 0 Å². The molecule has 1 atom stereocenters. The molecule has 0 aliphatic carbocycles. The maximum Gasteiger partial charge on any atom is 0.261 e. The van der Waals surface area contributed by atoms with Crippen molar-refractivity contribution < 1.29 is 13.2 Å². The number of hydrogen-bond acceptors (Lipinski definition) is 5. The van der Waals surface area contributed by atoms with Gasteiger partial charge in [-0.2, -0.15) is 4.31 Å². The number of rotatable bonds is 7. The highest BCUT2D eigenvalue weighted by Crippen LogP contribution is 2.11. The van der Waals surface area contributed by atoms with E-state index in [1.807, 2.05) is 6.92 Å². The Hall–Kier alpha value is -0.960. The third-order valence-electron chi connectivity index (χ3n) is 2.52. The highest BCUT2D eigenvalue weighted by Gasteiger charge is 2.24. The van der Waals surface area contributed by atoms with E-state index in [9.17, 15) is 8.42 Å². The highest BCUT2D eigenvalue weighted by atomic mass is 32.2. The molecular formula is C10H20N4O3S. The van der Waals surface area contributed by atoms with Crippen LogP contribution >= 0.6 is 0 Å². The van der Waals surface area contributed by atoms with Crippen LogP contribution in [0.25, 0.3) is 0 Å². The monoisotopic (exact) mass is 276 g/mol. The van der Waals surface area contributed by atoms with E-state index in [0.717, 1.165) is 0 Å². The molecule has 18 heavy (non-hydrogen) atoms. The molecule has 0 aliphatic rings. The molecule has 1 aromatic rings. The molecule has 1 heterocycles. The fourth-order valence-electron chi connectivity index (χ4n) is 1.50. The minimum atomic E-state index is -3.58. The van der Waals surface area contributed by atoms with Crippen molar-refractivity contribution >= 4 is 10.0 Å². The van der Waals surface area contributed by atoms with Crippen LogP contribution in [-0.2, 0) is 21.3 Å². The molecule has 1 rings (SSSR count). The van der Waals surface area contributed by atoms with Crippen LogP contribution in [0.4, 0.5) is 0 Å². The predicted molar refractivity (Wildman–Crippen MR) is 67.6 cm³/mol. The summed E-state index contributed by atoms with van der Waals surface area (Å²) in [4.78, 5) is 3.89. The molecule has 0 bridgehead atoms. The molecule has 104 valence electrons. The van der Waals surface area contributed by atoms with E-state index >= 15 is 0 Å². The maximum atomic E-state index is 12.2. The van der Waals surface area contributed by atoms with Gasteiger partial charge in [0.25, 0.3) is 10.0 Å². The molecule has 0 aromatic carbocycles. The van der Waals surface area contributed by atoms with Gasteiger partial charge in [-0.05, 0) is 6.92 Å². The van der Waals surface area contributed by atoms with Crippen molar-refractivity contribution in [2.24, 2.45) is 5.73 Å². The molecule has 0 saturated heterocycles. The highest BCUT2D eigenvalue weighted by molar-refractivity contribution is 7.89. The Kier molecular flexibility index (Phi) is 5.27. The third kappa shape index (κ3) is 3.52. The number of sulfonamides is 1. The number of aromatic nitrogens is 2. The lowest BCUT2D eigenvalue weighted by Gasteiger charge is -2.19. The largest absolute Gasteiger partial charge is 0.383 e. The minimum Gasteiger partial charge on any atom is -0.383 e. The van der Waals surface area contributed by atoms with Crippen molar-refractivity contribution in [1.29, 1.82) is 0 Å². The predicted octanol–water partition coefficient (Wildman–Crippen LogP) is -0.503. The first-order valence-electron chi connectivity index (χ1n) is 5.64. The molecule has 0 amide bonds. The Labute approximate surface area is 108 Å². The van der Waals surface area contributed by atoms with Crippen LogP contribution in [0.5, 0.6) is 0 Å². The second-order valence-electron chi connectivity index (χ2n) is 4.04. The van der Waals surface area contributed by atoms with Gasteiger partial charge in [-0.1, -0.05) is 0 Å². The first-order chi connectivity index (χ1) is 8.41. The number of imidazole rings is 1. The number of nitrogens with two attached hydrogens (primary N) is 1. The van der Waals surface area contributed by atoms with Crippen LogP contribution in [0.1, 0.15) is 6.92 Å². The second-order valence-corrected chi connectivity index (χ2v) is 6.04. The first-order valence-corrected chi connectivity index (χ1v) is 7.08. The van der Waals surface area contributed by atoms with E-state index in [4.69, 9.17) is 10.5 Å². The SMILES string of the molecule is CCn1cnc(S(=O)(=O)N(C)CC(N)COC)c1. The molecule has 2 N–H and O–H groups in total. The molecule has 7 nitrogen and oxygen atoms in total. The summed E-state index contributed by atoms with van der Waals surface area (Å²) in [7, 11) is -0.569. The molecular weight excluding hydrogens is 256 g/mol.